The molecule has 0 saturated carbocycles. The maximum absolute atomic E-state index is 13.3. The first-order chi connectivity index (χ1) is 17.6. The van der Waals surface area contributed by atoms with Gasteiger partial charge in [-0.2, -0.15) is 5.10 Å². The number of hydrazone groups is 1. The zero-order valence-electron chi connectivity index (χ0n) is 20.7. The van der Waals surface area contributed by atoms with Gasteiger partial charge >= 0.3 is 0 Å². The first-order valence-electron chi connectivity index (χ1n) is 11.5. The van der Waals surface area contributed by atoms with Gasteiger partial charge in [-0.3, -0.25) is 9.10 Å². The van der Waals surface area contributed by atoms with Crippen molar-refractivity contribution in [2.45, 2.75) is 20.4 Å². The van der Waals surface area contributed by atoms with Gasteiger partial charge in [-0.15, -0.1) is 0 Å². The highest BCUT2D eigenvalue weighted by atomic mass is 32.2. The van der Waals surface area contributed by atoms with Crippen molar-refractivity contribution in [3.8, 4) is 5.69 Å². The number of carbonyl (C=O) groups is 1. The van der Waals surface area contributed by atoms with Crippen LogP contribution in [0.1, 0.15) is 32.9 Å². The van der Waals surface area contributed by atoms with Crippen molar-refractivity contribution in [1.29, 1.82) is 0 Å². The van der Waals surface area contributed by atoms with Gasteiger partial charge in [0.25, 0.3) is 5.91 Å². The van der Waals surface area contributed by atoms with Crippen LogP contribution in [0.4, 0.5) is 10.1 Å². The summed E-state index contributed by atoms with van der Waals surface area (Å²) in [6.07, 6.45) is 2.71. The van der Waals surface area contributed by atoms with E-state index in [9.17, 15) is 17.6 Å². The SMILES string of the molecule is Cc1cc(C=NNC(=O)c2ccc(N(Cc3ccccc3)S(C)(=O)=O)cc2)c(C)n1-c1ccc(F)cc1. The molecule has 0 fully saturated rings. The number of hydrogen-bond donors (Lipinski definition) is 1. The molecule has 9 heteroatoms. The van der Waals surface area contributed by atoms with Crippen molar-refractivity contribution in [2.75, 3.05) is 10.6 Å². The highest BCUT2D eigenvalue weighted by molar-refractivity contribution is 7.92. The van der Waals surface area contributed by atoms with Crippen LogP contribution in [0.2, 0.25) is 0 Å². The van der Waals surface area contributed by atoms with E-state index < -0.39 is 15.9 Å². The number of aryl methyl sites for hydroxylation is 1. The Morgan fingerprint density at radius 3 is 2.27 bits per heavy atom. The second-order valence-electron chi connectivity index (χ2n) is 8.64. The third-order valence-electron chi connectivity index (χ3n) is 5.91. The number of benzene rings is 3. The monoisotopic (exact) mass is 518 g/mol. The highest BCUT2D eigenvalue weighted by Gasteiger charge is 2.18. The molecule has 0 spiro atoms. The summed E-state index contributed by atoms with van der Waals surface area (Å²) in [4.78, 5) is 12.6. The molecule has 0 aliphatic carbocycles. The standard InChI is InChI=1S/C28H27FN4O3S/c1-20-17-24(21(2)33(20)27-15-11-25(29)12-16-27)18-30-31-28(34)23-9-13-26(14-10-23)32(37(3,35)36)19-22-7-5-4-6-8-22/h4-18H,19H2,1-3H3,(H,31,34). The average Bonchev–Trinajstić information content (AvgIpc) is 3.16. The molecule has 3 aromatic carbocycles. The average molecular weight is 519 g/mol. The van der Waals surface area contributed by atoms with Crippen LogP contribution >= 0.6 is 0 Å². The first kappa shape index (κ1) is 25.8. The predicted octanol–water partition coefficient (Wildman–Crippen LogP) is 4.96. The first-order valence-corrected chi connectivity index (χ1v) is 13.4. The molecule has 1 N–H and O–H groups in total. The summed E-state index contributed by atoms with van der Waals surface area (Å²) in [6.45, 7) is 4.04. The van der Waals surface area contributed by atoms with Gasteiger partial charge in [0.2, 0.25) is 10.0 Å². The number of hydrogen-bond acceptors (Lipinski definition) is 4. The normalized spacial score (nSPS) is 11.6. The quantitative estimate of drug-likeness (QED) is 0.264. The van der Waals surface area contributed by atoms with Gasteiger partial charge in [0.15, 0.2) is 0 Å². The number of nitrogens with zero attached hydrogens (tertiary/aromatic N) is 3. The molecule has 0 atom stereocenters. The van der Waals surface area contributed by atoms with Crippen molar-refractivity contribution in [2.24, 2.45) is 5.10 Å². The fourth-order valence-corrected chi connectivity index (χ4v) is 4.95. The van der Waals surface area contributed by atoms with E-state index in [-0.39, 0.29) is 12.4 Å². The summed E-state index contributed by atoms with van der Waals surface area (Å²) in [5.74, 6) is -0.729. The van der Waals surface area contributed by atoms with Crippen molar-refractivity contribution in [3.05, 3.63) is 119 Å². The lowest BCUT2D eigenvalue weighted by molar-refractivity contribution is 0.0955. The molecule has 0 unspecified atom stereocenters. The van der Waals surface area contributed by atoms with Gasteiger partial charge in [-0.1, -0.05) is 30.3 Å². The predicted molar refractivity (Wildman–Crippen MR) is 144 cm³/mol. The Morgan fingerprint density at radius 1 is 1.00 bits per heavy atom. The van der Waals surface area contributed by atoms with Crippen molar-refractivity contribution in [1.82, 2.24) is 9.99 Å². The number of anilines is 1. The number of rotatable bonds is 8. The molecule has 0 bridgehead atoms. The lowest BCUT2D eigenvalue weighted by Gasteiger charge is -2.22. The van der Waals surface area contributed by atoms with E-state index in [1.807, 2.05) is 54.8 Å². The van der Waals surface area contributed by atoms with Crippen LogP contribution in [0.25, 0.3) is 5.69 Å². The number of aromatic nitrogens is 1. The van der Waals surface area contributed by atoms with Crippen LogP contribution in [0.5, 0.6) is 0 Å². The van der Waals surface area contributed by atoms with E-state index in [2.05, 4.69) is 10.5 Å². The molecule has 0 aliphatic heterocycles. The molecule has 37 heavy (non-hydrogen) atoms. The van der Waals surface area contributed by atoms with Crippen LogP contribution in [0, 0.1) is 19.7 Å². The fourth-order valence-electron chi connectivity index (χ4n) is 4.06. The van der Waals surface area contributed by atoms with Gasteiger partial charge in [-0.05, 0) is 74.0 Å². The fraction of sp³-hybridized carbons (Fsp3) is 0.143. The number of amides is 1. The number of halogens is 1. The van der Waals surface area contributed by atoms with Crippen LogP contribution < -0.4 is 9.73 Å². The van der Waals surface area contributed by atoms with Crippen LogP contribution in [0.15, 0.2) is 90.0 Å². The zero-order chi connectivity index (χ0) is 26.6. The summed E-state index contributed by atoms with van der Waals surface area (Å²) in [5.41, 5.74) is 7.63. The molecule has 7 nitrogen and oxygen atoms in total. The molecule has 0 saturated heterocycles. The van der Waals surface area contributed by atoms with E-state index in [1.165, 1.54) is 16.4 Å². The van der Waals surface area contributed by atoms with E-state index >= 15 is 0 Å². The molecular weight excluding hydrogens is 491 g/mol. The molecule has 0 aliphatic rings. The topological polar surface area (TPSA) is 83.8 Å². The lowest BCUT2D eigenvalue weighted by Crippen LogP contribution is -2.29. The second kappa shape index (κ2) is 10.8. The van der Waals surface area contributed by atoms with E-state index in [0.29, 0.717) is 11.3 Å². The van der Waals surface area contributed by atoms with Crippen LogP contribution in [-0.2, 0) is 16.6 Å². The lowest BCUT2D eigenvalue weighted by atomic mass is 10.2. The Kier molecular flexibility index (Phi) is 7.54. The Hall–Kier alpha value is -4.24. The van der Waals surface area contributed by atoms with E-state index in [4.69, 9.17) is 0 Å². The van der Waals surface area contributed by atoms with Crippen LogP contribution in [0.3, 0.4) is 0 Å². The minimum Gasteiger partial charge on any atom is -0.318 e. The minimum absolute atomic E-state index is 0.186. The highest BCUT2D eigenvalue weighted by Crippen LogP contribution is 2.22. The second-order valence-corrected chi connectivity index (χ2v) is 10.5. The molecule has 1 amide bonds. The number of sulfonamides is 1. The smallest absolute Gasteiger partial charge is 0.271 e. The molecule has 1 aromatic heterocycles. The molecule has 1 heterocycles. The zero-order valence-corrected chi connectivity index (χ0v) is 21.5. The summed E-state index contributed by atoms with van der Waals surface area (Å²) in [6, 6.07) is 23.7. The van der Waals surface area contributed by atoms with Crippen LogP contribution in [-0.4, -0.2) is 31.4 Å². The minimum atomic E-state index is -3.53. The molecule has 4 aromatic rings. The van der Waals surface area contributed by atoms with Gasteiger partial charge < -0.3 is 4.57 Å². The number of nitrogens with one attached hydrogen (secondary N) is 1. The Balaban J connectivity index is 1.46. The van der Waals surface area contributed by atoms with Gasteiger partial charge in [-0.25, -0.2) is 18.2 Å². The van der Waals surface area contributed by atoms with Gasteiger partial charge in [0.05, 0.1) is 24.7 Å². The van der Waals surface area contributed by atoms with Crippen molar-refractivity contribution < 1.29 is 17.6 Å². The molecular formula is C28H27FN4O3S. The van der Waals surface area contributed by atoms with Gasteiger partial charge in [0, 0.05) is 28.2 Å². The molecule has 190 valence electrons. The van der Waals surface area contributed by atoms with Gasteiger partial charge in [0.1, 0.15) is 5.82 Å². The Labute approximate surface area is 215 Å². The third-order valence-corrected chi connectivity index (χ3v) is 7.05. The van der Waals surface area contributed by atoms with Crippen molar-refractivity contribution in [3.63, 3.8) is 0 Å². The van der Waals surface area contributed by atoms with E-state index in [0.717, 1.165) is 34.5 Å². The summed E-state index contributed by atoms with van der Waals surface area (Å²) in [7, 11) is -3.53. The third kappa shape index (κ3) is 6.13. The summed E-state index contributed by atoms with van der Waals surface area (Å²) in [5, 5.41) is 4.09. The van der Waals surface area contributed by atoms with E-state index in [1.54, 1.807) is 42.6 Å². The maximum Gasteiger partial charge on any atom is 0.271 e. The Bertz CT molecular complexity index is 1530. The number of carbonyl (C=O) groups excluding carboxylic acids is 1. The Morgan fingerprint density at radius 2 is 1.65 bits per heavy atom. The summed E-state index contributed by atoms with van der Waals surface area (Å²) >= 11 is 0. The van der Waals surface area contributed by atoms with Crippen molar-refractivity contribution >= 4 is 27.8 Å². The maximum atomic E-state index is 13.3. The molecule has 0 radical (unpaired) electrons. The largest absolute Gasteiger partial charge is 0.318 e. The molecule has 4 rings (SSSR count). The summed E-state index contributed by atoms with van der Waals surface area (Å²) < 4.78 is 41.4.